The fraction of sp³-hybridized carbons (Fsp3) is 0.417. The highest BCUT2D eigenvalue weighted by molar-refractivity contribution is 5.94. The Hall–Kier alpha value is -1.63. The fourth-order valence-corrected chi connectivity index (χ4v) is 1.44. The van der Waals surface area contributed by atoms with Crippen LogP contribution in [0.1, 0.15) is 29.3 Å². The standard InChI is InChI=1S/C12H13F4NO2/c1-7(4-5-18)17-11(19)9-6-8(12(14,15)16)2-3-10(9)13/h2-3,6-7,18H,4-5H2,1H3,(H,17,19). The second-order valence-electron chi connectivity index (χ2n) is 4.08. The Morgan fingerprint density at radius 3 is 2.58 bits per heavy atom. The van der Waals surface area contributed by atoms with Gasteiger partial charge < -0.3 is 10.4 Å². The van der Waals surface area contributed by atoms with E-state index in [1.807, 2.05) is 0 Å². The number of carbonyl (C=O) groups excluding carboxylic acids is 1. The Balaban J connectivity index is 2.96. The minimum Gasteiger partial charge on any atom is -0.396 e. The van der Waals surface area contributed by atoms with Crippen molar-refractivity contribution in [3.8, 4) is 0 Å². The number of carbonyl (C=O) groups is 1. The average molecular weight is 279 g/mol. The third-order valence-electron chi connectivity index (χ3n) is 2.48. The summed E-state index contributed by atoms with van der Waals surface area (Å²) in [4.78, 5) is 11.6. The topological polar surface area (TPSA) is 49.3 Å². The lowest BCUT2D eigenvalue weighted by atomic mass is 10.1. The molecule has 0 spiro atoms. The van der Waals surface area contributed by atoms with Gasteiger partial charge in [-0.15, -0.1) is 0 Å². The number of aliphatic hydroxyl groups excluding tert-OH is 1. The molecule has 0 radical (unpaired) electrons. The highest BCUT2D eigenvalue weighted by Gasteiger charge is 2.32. The molecule has 1 amide bonds. The van der Waals surface area contributed by atoms with E-state index in [-0.39, 0.29) is 13.0 Å². The van der Waals surface area contributed by atoms with Crippen LogP contribution >= 0.6 is 0 Å². The lowest BCUT2D eigenvalue weighted by Gasteiger charge is -2.14. The molecule has 0 saturated carbocycles. The molecule has 0 bridgehead atoms. The quantitative estimate of drug-likeness (QED) is 0.831. The Labute approximate surface area is 107 Å². The van der Waals surface area contributed by atoms with Gasteiger partial charge in [-0.05, 0) is 31.5 Å². The summed E-state index contributed by atoms with van der Waals surface area (Å²) in [5, 5.41) is 11.0. The van der Waals surface area contributed by atoms with Crippen molar-refractivity contribution in [2.45, 2.75) is 25.6 Å². The lowest BCUT2D eigenvalue weighted by Crippen LogP contribution is -2.33. The van der Waals surface area contributed by atoms with Gasteiger partial charge in [-0.2, -0.15) is 13.2 Å². The highest BCUT2D eigenvalue weighted by Crippen LogP contribution is 2.30. The van der Waals surface area contributed by atoms with Crippen molar-refractivity contribution in [2.24, 2.45) is 0 Å². The highest BCUT2D eigenvalue weighted by atomic mass is 19.4. The first-order valence-electron chi connectivity index (χ1n) is 5.54. The summed E-state index contributed by atoms with van der Waals surface area (Å²) in [6, 6.07) is 1.18. The summed E-state index contributed by atoms with van der Waals surface area (Å²) in [6.07, 6.45) is -4.41. The van der Waals surface area contributed by atoms with Crippen LogP contribution in [0.4, 0.5) is 17.6 Å². The largest absolute Gasteiger partial charge is 0.416 e. The normalized spacial score (nSPS) is 13.2. The van der Waals surface area contributed by atoms with E-state index >= 15 is 0 Å². The molecular formula is C12H13F4NO2. The second-order valence-corrected chi connectivity index (χ2v) is 4.08. The zero-order valence-corrected chi connectivity index (χ0v) is 10.1. The van der Waals surface area contributed by atoms with Crippen molar-refractivity contribution in [3.63, 3.8) is 0 Å². The predicted molar refractivity (Wildman–Crippen MR) is 60.0 cm³/mol. The molecule has 0 fully saturated rings. The monoisotopic (exact) mass is 279 g/mol. The number of benzene rings is 1. The molecule has 0 aromatic heterocycles. The predicted octanol–water partition coefficient (Wildman–Crippen LogP) is 2.35. The fourth-order valence-electron chi connectivity index (χ4n) is 1.44. The zero-order chi connectivity index (χ0) is 14.6. The van der Waals surface area contributed by atoms with Crippen LogP contribution in [0.5, 0.6) is 0 Å². The Morgan fingerprint density at radius 1 is 1.42 bits per heavy atom. The van der Waals surface area contributed by atoms with Crippen molar-refractivity contribution in [3.05, 3.63) is 35.1 Å². The van der Waals surface area contributed by atoms with Crippen LogP contribution in [-0.2, 0) is 6.18 Å². The molecule has 0 aliphatic heterocycles. The van der Waals surface area contributed by atoms with E-state index in [1.165, 1.54) is 0 Å². The van der Waals surface area contributed by atoms with Gasteiger partial charge >= 0.3 is 6.18 Å². The molecule has 19 heavy (non-hydrogen) atoms. The van der Waals surface area contributed by atoms with E-state index < -0.39 is 35.1 Å². The van der Waals surface area contributed by atoms with Gasteiger partial charge in [0.1, 0.15) is 5.82 Å². The molecule has 0 saturated heterocycles. The van der Waals surface area contributed by atoms with Gasteiger partial charge in [0.25, 0.3) is 5.91 Å². The van der Waals surface area contributed by atoms with E-state index in [9.17, 15) is 22.4 Å². The Morgan fingerprint density at radius 2 is 2.05 bits per heavy atom. The van der Waals surface area contributed by atoms with Gasteiger partial charge in [0.05, 0.1) is 11.1 Å². The third-order valence-corrected chi connectivity index (χ3v) is 2.48. The molecule has 106 valence electrons. The van der Waals surface area contributed by atoms with Crippen molar-refractivity contribution < 1.29 is 27.5 Å². The Kier molecular flexibility index (Phi) is 4.88. The van der Waals surface area contributed by atoms with E-state index in [0.717, 1.165) is 0 Å². The maximum absolute atomic E-state index is 13.4. The molecule has 0 heterocycles. The number of nitrogens with one attached hydrogen (secondary N) is 1. The van der Waals surface area contributed by atoms with Gasteiger partial charge in [-0.3, -0.25) is 4.79 Å². The third kappa shape index (κ3) is 4.20. The molecule has 1 aromatic carbocycles. The SMILES string of the molecule is CC(CCO)NC(=O)c1cc(C(F)(F)F)ccc1F. The van der Waals surface area contributed by atoms with Crippen molar-refractivity contribution in [1.82, 2.24) is 5.32 Å². The summed E-state index contributed by atoms with van der Waals surface area (Å²) < 4.78 is 50.7. The molecule has 2 N–H and O–H groups in total. The van der Waals surface area contributed by atoms with Crippen LogP contribution in [0.2, 0.25) is 0 Å². The number of rotatable bonds is 4. The second kappa shape index (κ2) is 6.01. The molecule has 0 aliphatic carbocycles. The molecule has 1 aromatic rings. The number of halogens is 4. The first-order valence-corrected chi connectivity index (χ1v) is 5.54. The first-order chi connectivity index (χ1) is 8.75. The molecule has 3 nitrogen and oxygen atoms in total. The van der Waals surface area contributed by atoms with Gasteiger partial charge in [0, 0.05) is 12.6 Å². The summed E-state index contributed by atoms with van der Waals surface area (Å²) in [5.41, 5.74) is -1.76. The van der Waals surface area contributed by atoms with Crippen molar-refractivity contribution >= 4 is 5.91 Å². The van der Waals surface area contributed by atoms with Crippen LogP contribution in [0.15, 0.2) is 18.2 Å². The molecule has 1 atom stereocenters. The summed E-state index contributed by atoms with van der Waals surface area (Å²) in [7, 11) is 0. The van der Waals surface area contributed by atoms with E-state index in [0.29, 0.717) is 18.2 Å². The summed E-state index contributed by atoms with van der Waals surface area (Å²) in [6.45, 7) is 1.37. The maximum Gasteiger partial charge on any atom is 0.416 e. The van der Waals surface area contributed by atoms with Gasteiger partial charge in [0.15, 0.2) is 0 Å². The summed E-state index contributed by atoms with van der Waals surface area (Å²) in [5.74, 6) is -1.97. The lowest BCUT2D eigenvalue weighted by molar-refractivity contribution is -0.137. The van der Waals surface area contributed by atoms with Crippen LogP contribution in [0, 0.1) is 5.82 Å². The number of aliphatic hydroxyl groups is 1. The molecular weight excluding hydrogens is 266 g/mol. The van der Waals surface area contributed by atoms with Crippen LogP contribution in [0.25, 0.3) is 0 Å². The van der Waals surface area contributed by atoms with E-state index in [1.54, 1.807) is 6.92 Å². The van der Waals surface area contributed by atoms with Crippen LogP contribution < -0.4 is 5.32 Å². The maximum atomic E-state index is 13.4. The molecule has 0 aliphatic rings. The van der Waals surface area contributed by atoms with Crippen LogP contribution in [-0.4, -0.2) is 23.7 Å². The van der Waals surface area contributed by atoms with E-state index in [4.69, 9.17) is 5.11 Å². The number of hydrogen-bond donors (Lipinski definition) is 2. The van der Waals surface area contributed by atoms with Crippen molar-refractivity contribution in [1.29, 1.82) is 0 Å². The van der Waals surface area contributed by atoms with Gasteiger partial charge in [-0.1, -0.05) is 0 Å². The molecule has 1 unspecified atom stereocenters. The van der Waals surface area contributed by atoms with E-state index in [2.05, 4.69) is 5.32 Å². The molecule has 1 rings (SSSR count). The number of alkyl halides is 3. The van der Waals surface area contributed by atoms with Crippen LogP contribution in [0.3, 0.4) is 0 Å². The zero-order valence-electron chi connectivity index (χ0n) is 10.1. The smallest absolute Gasteiger partial charge is 0.396 e. The minimum atomic E-state index is -4.64. The molecule has 7 heteroatoms. The van der Waals surface area contributed by atoms with Gasteiger partial charge in [-0.25, -0.2) is 4.39 Å². The van der Waals surface area contributed by atoms with Gasteiger partial charge in [0.2, 0.25) is 0 Å². The number of amides is 1. The number of hydrogen-bond acceptors (Lipinski definition) is 2. The summed E-state index contributed by atoms with van der Waals surface area (Å²) >= 11 is 0. The minimum absolute atomic E-state index is 0.188. The van der Waals surface area contributed by atoms with Crippen molar-refractivity contribution in [2.75, 3.05) is 6.61 Å². The Bertz CT molecular complexity index is 460. The average Bonchev–Trinajstić information content (AvgIpc) is 2.27. The first kappa shape index (κ1) is 15.4.